The van der Waals surface area contributed by atoms with Gasteiger partial charge >= 0.3 is 0 Å². The van der Waals surface area contributed by atoms with Gasteiger partial charge < -0.3 is 19.7 Å². The lowest BCUT2D eigenvalue weighted by molar-refractivity contribution is 0.0730. The molecule has 32 heavy (non-hydrogen) atoms. The van der Waals surface area contributed by atoms with E-state index >= 15 is 0 Å². The fourth-order valence-corrected chi connectivity index (χ4v) is 5.39. The lowest BCUT2D eigenvalue weighted by atomic mass is 10.1. The van der Waals surface area contributed by atoms with E-state index in [1.807, 2.05) is 4.90 Å². The molecule has 0 unspecified atom stereocenters. The minimum Gasteiger partial charge on any atom is -0.379 e. The molecule has 2 aromatic carbocycles. The summed E-state index contributed by atoms with van der Waals surface area (Å²) < 4.78 is 52.1. The SMILES string of the molecule is O=C(NCc1ccc(F)cc1)c1ccc(N2CCOCC2)c(S(=O)(=O)N2CCOCC2)c1. The molecular formula is C22H26FN3O5S. The van der Waals surface area contributed by atoms with Gasteiger partial charge in [0.2, 0.25) is 10.0 Å². The summed E-state index contributed by atoms with van der Waals surface area (Å²) in [5.74, 6) is -0.752. The average molecular weight is 464 g/mol. The standard InChI is InChI=1S/C22H26FN3O5S/c23-19-4-1-17(2-5-19)16-24-22(27)18-3-6-20(25-7-11-30-12-8-25)21(15-18)32(28,29)26-9-13-31-14-10-26/h1-6,15H,7-14,16H2,(H,24,27). The maximum absolute atomic E-state index is 13.5. The molecule has 0 radical (unpaired) electrons. The van der Waals surface area contributed by atoms with Gasteiger partial charge in [-0.1, -0.05) is 12.1 Å². The summed E-state index contributed by atoms with van der Waals surface area (Å²) in [7, 11) is -3.82. The highest BCUT2D eigenvalue weighted by Crippen LogP contribution is 2.30. The van der Waals surface area contributed by atoms with Crippen molar-refractivity contribution >= 4 is 21.6 Å². The van der Waals surface area contributed by atoms with E-state index in [1.54, 1.807) is 24.3 Å². The van der Waals surface area contributed by atoms with Crippen LogP contribution >= 0.6 is 0 Å². The van der Waals surface area contributed by atoms with Crippen molar-refractivity contribution in [1.82, 2.24) is 9.62 Å². The van der Waals surface area contributed by atoms with Crippen LogP contribution in [-0.4, -0.2) is 71.2 Å². The molecule has 4 rings (SSSR count). The number of rotatable bonds is 6. The normalized spacial score (nSPS) is 17.8. The van der Waals surface area contributed by atoms with Gasteiger partial charge in [-0.3, -0.25) is 4.79 Å². The lowest BCUT2D eigenvalue weighted by Gasteiger charge is -2.32. The molecule has 0 saturated carbocycles. The van der Waals surface area contributed by atoms with Gasteiger partial charge in [-0.25, -0.2) is 12.8 Å². The van der Waals surface area contributed by atoms with Gasteiger partial charge in [-0.15, -0.1) is 0 Å². The van der Waals surface area contributed by atoms with E-state index in [0.29, 0.717) is 45.2 Å². The number of sulfonamides is 1. The number of nitrogens with one attached hydrogen (secondary N) is 1. The van der Waals surface area contributed by atoms with Crippen LogP contribution in [0.3, 0.4) is 0 Å². The smallest absolute Gasteiger partial charge is 0.251 e. The molecule has 0 aliphatic carbocycles. The lowest BCUT2D eigenvalue weighted by Crippen LogP contribution is -2.42. The first-order valence-corrected chi connectivity index (χ1v) is 12.0. The van der Waals surface area contributed by atoms with Gasteiger partial charge in [0.25, 0.3) is 5.91 Å². The Kier molecular flexibility index (Phi) is 7.04. The highest BCUT2D eigenvalue weighted by molar-refractivity contribution is 7.89. The Hall–Kier alpha value is -2.53. The second-order valence-electron chi connectivity index (χ2n) is 7.61. The molecule has 10 heteroatoms. The molecule has 0 aromatic heterocycles. The molecule has 0 spiro atoms. The van der Waals surface area contributed by atoms with Crippen LogP contribution in [0.25, 0.3) is 0 Å². The minimum atomic E-state index is -3.82. The number of benzene rings is 2. The van der Waals surface area contributed by atoms with Crippen LogP contribution in [0.2, 0.25) is 0 Å². The van der Waals surface area contributed by atoms with Crippen LogP contribution in [0.1, 0.15) is 15.9 Å². The Morgan fingerprint density at radius 3 is 2.22 bits per heavy atom. The van der Waals surface area contributed by atoms with Crippen molar-refractivity contribution in [2.24, 2.45) is 0 Å². The molecule has 2 aliphatic heterocycles. The molecule has 0 bridgehead atoms. The number of ether oxygens (including phenoxy) is 2. The van der Waals surface area contributed by atoms with Crippen molar-refractivity contribution in [1.29, 1.82) is 0 Å². The maximum atomic E-state index is 13.5. The molecule has 2 saturated heterocycles. The summed E-state index contributed by atoms with van der Waals surface area (Å²) >= 11 is 0. The summed E-state index contributed by atoms with van der Waals surface area (Å²) in [6, 6.07) is 10.6. The van der Waals surface area contributed by atoms with Crippen molar-refractivity contribution < 1.29 is 27.1 Å². The maximum Gasteiger partial charge on any atom is 0.251 e. The Balaban J connectivity index is 1.61. The quantitative estimate of drug-likeness (QED) is 0.701. The first-order chi connectivity index (χ1) is 15.4. The van der Waals surface area contributed by atoms with E-state index in [2.05, 4.69) is 5.32 Å². The predicted octanol–water partition coefficient (Wildman–Crippen LogP) is 1.61. The Morgan fingerprint density at radius 2 is 1.56 bits per heavy atom. The second-order valence-corrected chi connectivity index (χ2v) is 9.51. The molecule has 2 heterocycles. The molecule has 8 nitrogen and oxygen atoms in total. The summed E-state index contributed by atoms with van der Waals surface area (Å²) in [4.78, 5) is 14.9. The third kappa shape index (κ3) is 5.09. The third-order valence-corrected chi connectivity index (χ3v) is 7.46. The third-order valence-electron chi connectivity index (χ3n) is 5.53. The number of anilines is 1. The Morgan fingerprint density at radius 1 is 0.938 bits per heavy atom. The van der Waals surface area contributed by atoms with E-state index in [-0.39, 0.29) is 35.9 Å². The van der Waals surface area contributed by atoms with Crippen molar-refractivity contribution in [2.45, 2.75) is 11.4 Å². The van der Waals surface area contributed by atoms with Crippen LogP contribution in [0.15, 0.2) is 47.4 Å². The number of morpholine rings is 2. The summed E-state index contributed by atoms with van der Waals surface area (Å²) in [5.41, 5.74) is 1.55. The fourth-order valence-electron chi connectivity index (χ4n) is 3.74. The Labute approximate surface area is 187 Å². The Bertz CT molecular complexity index is 1050. The zero-order chi connectivity index (χ0) is 22.6. The van der Waals surface area contributed by atoms with Crippen molar-refractivity contribution in [3.63, 3.8) is 0 Å². The average Bonchev–Trinajstić information content (AvgIpc) is 2.84. The zero-order valence-electron chi connectivity index (χ0n) is 17.6. The molecule has 2 aliphatic rings. The zero-order valence-corrected chi connectivity index (χ0v) is 18.4. The first kappa shape index (κ1) is 22.7. The van der Waals surface area contributed by atoms with Crippen molar-refractivity contribution in [2.75, 3.05) is 57.5 Å². The van der Waals surface area contributed by atoms with Crippen LogP contribution in [0.5, 0.6) is 0 Å². The van der Waals surface area contributed by atoms with Gasteiger partial charge in [-0.2, -0.15) is 4.31 Å². The van der Waals surface area contributed by atoms with E-state index in [9.17, 15) is 17.6 Å². The minimum absolute atomic E-state index is 0.107. The van der Waals surface area contributed by atoms with Gasteiger partial charge in [0.05, 0.1) is 32.1 Å². The number of carbonyl (C=O) groups is 1. The van der Waals surface area contributed by atoms with Gasteiger partial charge in [-0.05, 0) is 35.9 Å². The molecular weight excluding hydrogens is 437 g/mol. The number of amides is 1. The monoisotopic (exact) mass is 463 g/mol. The van der Waals surface area contributed by atoms with Crippen molar-refractivity contribution in [3.8, 4) is 0 Å². The highest BCUT2D eigenvalue weighted by Gasteiger charge is 2.31. The number of hydrogen-bond donors (Lipinski definition) is 1. The highest BCUT2D eigenvalue weighted by atomic mass is 32.2. The molecule has 0 atom stereocenters. The summed E-state index contributed by atoms with van der Waals surface area (Å²) in [6.45, 7) is 3.58. The van der Waals surface area contributed by atoms with Gasteiger partial charge in [0.15, 0.2) is 0 Å². The van der Waals surface area contributed by atoms with Crippen LogP contribution in [-0.2, 0) is 26.0 Å². The van der Waals surface area contributed by atoms with E-state index in [1.165, 1.54) is 22.5 Å². The topological polar surface area (TPSA) is 88.2 Å². The number of carbonyl (C=O) groups excluding carboxylic acids is 1. The second kappa shape index (κ2) is 9.95. The number of nitrogens with zero attached hydrogens (tertiary/aromatic N) is 2. The number of halogens is 1. The van der Waals surface area contributed by atoms with Crippen LogP contribution in [0, 0.1) is 5.82 Å². The van der Waals surface area contributed by atoms with Gasteiger partial charge in [0, 0.05) is 38.3 Å². The summed E-state index contributed by atoms with van der Waals surface area (Å²) in [5, 5.41) is 2.77. The molecule has 172 valence electrons. The molecule has 2 aromatic rings. The van der Waals surface area contributed by atoms with E-state index in [0.717, 1.165) is 5.56 Å². The summed E-state index contributed by atoms with van der Waals surface area (Å²) in [6.07, 6.45) is 0. The fraction of sp³-hybridized carbons (Fsp3) is 0.409. The van der Waals surface area contributed by atoms with Crippen molar-refractivity contribution in [3.05, 3.63) is 59.4 Å². The largest absolute Gasteiger partial charge is 0.379 e. The van der Waals surface area contributed by atoms with Gasteiger partial charge in [0.1, 0.15) is 10.7 Å². The predicted molar refractivity (Wildman–Crippen MR) is 117 cm³/mol. The van der Waals surface area contributed by atoms with E-state index in [4.69, 9.17) is 9.47 Å². The molecule has 1 amide bonds. The molecule has 2 fully saturated rings. The molecule has 1 N–H and O–H groups in total. The van der Waals surface area contributed by atoms with Crippen LogP contribution in [0.4, 0.5) is 10.1 Å². The first-order valence-electron chi connectivity index (χ1n) is 10.5. The van der Waals surface area contributed by atoms with E-state index < -0.39 is 15.9 Å². The number of hydrogen-bond acceptors (Lipinski definition) is 6. The van der Waals surface area contributed by atoms with Crippen LogP contribution < -0.4 is 10.2 Å².